The molecule has 1 aliphatic carbocycles. The van der Waals surface area contributed by atoms with E-state index < -0.39 is 0 Å². The third-order valence-corrected chi connectivity index (χ3v) is 4.81. The van der Waals surface area contributed by atoms with Gasteiger partial charge in [0.2, 0.25) is 0 Å². The maximum Gasteiger partial charge on any atom is 0.0606 e. The Kier molecular flexibility index (Phi) is 5.32. The van der Waals surface area contributed by atoms with Gasteiger partial charge in [-0.1, -0.05) is 49.3 Å². The zero-order chi connectivity index (χ0) is 14.3. The average molecular weight is 282 g/mol. The van der Waals surface area contributed by atoms with E-state index in [0.29, 0.717) is 0 Å². The van der Waals surface area contributed by atoms with Crippen molar-refractivity contribution in [1.82, 2.24) is 9.80 Å². The second-order valence-electron chi connectivity index (χ2n) is 6.27. The summed E-state index contributed by atoms with van der Waals surface area (Å²) >= 11 is 0. The predicted octanol–water partition coefficient (Wildman–Crippen LogP) is 2.99. The number of piperazine rings is 1. The molecule has 112 valence electrons. The molecule has 0 amide bonds. The molecule has 1 heterocycles. The molecule has 2 fully saturated rings. The van der Waals surface area contributed by atoms with Gasteiger partial charge in [-0.25, -0.2) is 0 Å². The molecule has 1 saturated heterocycles. The van der Waals surface area contributed by atoms with E-state index in [1.54, 1.807) is 0 Å². The molecule has 21 heavy (non-hydrogen) atoms. The van der Waals surface area contributed by atoms with Crippen LogP contribution in [0.25, 0.3) is 0 Å². The summed E-state index contributed by atoms with van der Waals surface area (Å²) in [5.41, 5.74) is 1.12. The Balaban J connectivity index is 1.42. The summed E-state index contributed by atoms with van der Waals surface area (Å²) in [5.74, 6) is 6.58. The number of rotatable bonds is 2. The normalized spacial score (nSPS) is 21.7. The zero-order valence-corrected chi connectivity index (χ0v) is 12.9. The van der Waals surface area contributed by atoms with Crippen LogP contribution in [0, 0.1) is 11.8 Å². The van der Waals surface area contributed by atoms with Crippen LogP contribution in [-0.2, 0) is 0 Å². The summed E-state index contributed by atoms with van der Waals surface area (Å²) in [6.45, 7) is 5.74. The third kappa shape index (κ3) is 4.33. The molecule has 1 aromatic rings. The van der Waals surface area contributed by atoms with Gasteiger partial charge >= 0.3 is 0 Å². The Hall–Kier alpha value is -1.30. The standard InChI is InChI=1S/C19H26N2/c1-3-8-18(9-4-1)10-7-13-20-14-16-21(17-15-20)19-11-5-2-6-12-19/h1,3-4,8-9,19H,2,5-6,11-17H2. The van der Waals surface area contributed by atoms with Gasteiger partial charge in [-0.2, -0.15) is 0 Å². The number of benzene rings is 1. The van der Waals surface area contributed by atoms with Crippen molar-refractivity contribution in [2.45, 2.75) is 38.1 Å². The van der Waals surface area contributed by atoms with E-state index >= 15 is 0 Å². The highest BCUT2D eigenvalue weighted by Crippen LogP contribution is 2.23. The first-order valence-electron chi connectivity index (χ1n) is 8.42. The molecule has 2 heteroatoms. The first kappa shape index (κ1) is 14.6. The number of hydrogen-bond acceptors (Lipinski definition) is 2. The molecule has 0 unspecified atom stereocenters. The lowest BCUT2D eigenvalue weighted by Crippen LogP contribution is -2.50. The van der Waals surface area contributed by atoms with Gasteiger partial charge in [0, 0.05) is 37.8 Å². The smallest absolute Gasteiger partial charge is 0.0606 e. The van der Waals surface area contributed by atoms with Crippen molar-refractivity contribution in [2.75, 3.05) is 32.7 Å². The van der Waals surface area contributed by atoms with E-state index in [0.717, 1.165) is 18.2 Å². The molecule has 1 saturated carbocycles. The van der Waals surface area contributed by atoms with Gasteiger partial charge in [0.05, 0.1) is 6.54 Å². The molecular formula is C19H26N2. The average Bonchev–Trinajstić information content (AvgIpc) is 2.57. The van der Waals surface area contributed by atoms with Crippen molar-refractivity contribution in [2.24, 2.45) is 0 Å². The van der Waals surface area contributed by atoms with Crippen molar-refractivity contribution in [3.8, 4) is 11.8 Å². The van der Waals surface area contributed by atoms with Gasteiger partial charge in [0.15, 0.2) is 0 Å². The highest BCUT2D eigenvalue weighted by Gasteiger charge is 2.24. The van der Waals surface area contributed by atoms with E-state index in [1.807, 2.05) is 18.2 Å². The second-order valence-corrected chi connectivity index (χ2v) is 6.27. The molecule has 2 aliphatic rings. The Morgan fingerprint density at radius 3 is 2.33 bits per heavy atom. The summed E-state index contributed by atoms with van der Waals surface area (Å²) < 4.78 is 0. The summed E-state index contributed by atoms with van der Waals surface area (Å²) in [4.78, 5) is 5.22. The van der Waals surface area contributed by atoms with Gasteiger partial charge in [-0.3, -0.25) is 9.80 Å². The molecule has 3 rings (SSSR count). The molecule has 2 nitrogen and oxygen atoms in total. The quantitative estimate of drug-likeness (QED) is 0.770. The van der Waals surface area contributed by atoms with Crippen LogP contribution in [0.3, 0.4) is 0 Å². The van der Waals surface area contributed by atoms with E-state index in [4.69, 9.17) is 0 Å². The van der Waals surface area contributed by atoms with Gasteiger partial charge < -0.3 is 0 Å². The molecule has 0 atom stereocenters. The van der Waals surface area contributed by atoms with Crippen molar-refractivity contribution in [3.63, 3.8) is 0 Å². The fourth-order valence-corrected chi connectivity index (χ4v) is 3.51. The molecule has 1 aliphatic heterocycles. The Bertz CT molecular complexity index is 471. The lowest BCUT2D eigenvalue weighted by Gasteiger charge is -2.40. The van der Waals surface area contributed by atoms with Crippen LogP contribution in [0.5, 0.6) is 0 Å². The number of nitrogens with zero attached hydrogens (tertiary/aromatic N) is 2. The summed E-state index contributed by atoms with van der Waals surface area (Å²) in [6.07, 6.45) is 7.17. The third-order valence-electron chi connectivity index (χ3n) is 4.81. The van der Waals surface area contributed by atoms with Crippen LogP contribution in [0.15, 0.2) is 30.3 Å². The highest BCUT2D eigenvalue weighted by atomic mass is 15.3. The van der Waals surface area contributed by atoms with Gasteiger partial charge in [0.1, 0.15) is 0 Å². The molecule has 0 bridgehead atoms. The van der Waals surface area contributed by atoms with E-state index in [-0.39, 0.29) is 0 Å². The van der Waals surface area contributed by atoms with E-state index in [9.17, 15) is 0 Å². The maximum atomic E-state index is 3.32. The molecular weight excluding hydrogens is 256 g/mol. The van der Waals surface area contributed by atoms with Crippen LogP contribution < -0.4 is 0 Å². The predicted molar refractivity (Wildman–Crippen MR) is 88.2 cm³/mol. The van der Waals surface area contributed by atoms with Crippen molar-refractivity contribution in [1.29, 1.82) is 0 Å². The van der Waals surface area contributed by atoms with Gasteiger partial charge in [-0.05, 0) is 25.0 Å². The van der Waals surface area contributed by atoms with Crippen LogP contribution in [0.2, 0.25) is 0 Å². The zero-order valence-electron chi connectivity index (χ0n) is 12.9. The molecule has 0 spiro atoms. The van der Waals surface area contributed by atoms with Crippen LogP contribution in [0.1, 0.15) is 37.7 Å². The minimum atomic E-state index is 0.872. The minimum absolute atomic E-state index is 0.872. The monoisotopic (exact) mass is 282 g/mol. The fraction of sp³-hybridized carbons (Fsp3) is 0.579. The SMILES string of the molecule is C(#Cc1ccccc1)CN1CCN(C2CCCCC2)CC1. The summed E-state index contributed by atoms with van der Waals surface area (Å²) in [5, 5.41) is 0. The van der Waals surface area contributed by atoms with Crippen LogP contribution in [0.4, 0.5) is 0 Å². The first-order valence-corrected chi connectivity index (χ1v) is 8.42. The first-order chi connectivity index (χ1) is 10.4. The van der Waals surface area contributed by atoms with E-state index in [2.05, 4.69) is 33.8 Å². The Labute approximate surface area is 129 Å². The van der Waals surface area contributed by atoms with Crippen LogP contribution >= 0.6 is 0 Å². The van der Waals surface area contributed by atoms with Gasteiger partial charge in [-0.15, -0.1) is 0 Å². The van der Waals surface area contributed by atoms with E-state index in [1.165, 1.54) is 58.3 Å². The van der Waals surface area contributed by atoms with Crippen LogP contribution in [-0.4, -0.2) is 48.6 Å². The maximum absolute atomic E-state index is 3.32. The lowest BCUT2D eigenvalue weighted by atomic mass is 9.94. The Morgan fingerprint density at radius 1 is 0.905 bits per heavy atom. The van der Waals surface area contributed by atoms with Crippen molar-refractivity contribution < 1.29 is 0 Å². The fourth-order valence-electron chi connectivity index (χ4n) is 3.51. The van der Waals surface area contributed by atoms with Crippen molar-refractivity contribution in [3.05, 3.63) is 35.9 Å². The highest BCUT2D eigenvalue weighted by molar-refractivity contribution is 5.33. The Morgan fingerprint density at radius 2 is 1.62 bits per heavy atom. The van der Waals surface area contributed by atoms with Crippen molar-refractivity contribution >= 4 is 0 Å². The second kappa shape index (κ2) is 7.64. The van der Waals surface area contributed by atoms with Gasteiger partial charge in [0.25, 0.3) is 0 Å². The molecule has 0 radical (unpaired) electrons. The molecule has 1 aromatic carbocycles. The molecule has 0 aromatic heterocycles. The topological polar surface area (TPSA) is 6.48 Å². The summed E-state index contributed by atoms with van der Waals surface area (Å²) in [7, 11) is 0. The largest absolute Gasteiger partial charge is 0.298 e. The minimum Gasteiger partial charge on any atom is -0.298 e. The summed E-state index contributed by atoms with van der Waals surface area (Å²) in [6, 6.07) is 11.2. The number of hydrogen-bond donors (Lipinski definition) is 0. The molecule has 0 N–H and O–H groups in total. The lowest BCUT2D eigenvalue weighted by molar-refractivity contribution is 0.0856.